The van der Waals surface area contributed by atoms with Crippen molar-refractivity contribution >= 4 is 33.2 Å². The lowest BCUT2D eigenvalue weighted by atomic mass is 10.2. The van der Waals surface area contributed by atoms with Crippen molar-refractivity contribution < 1.29 is 4.74 Å². The van der Waals surface area contributed by atoms with Gasteiger partial charge in [0, 0.05) is 27.3 Å². The third-order valence-corrected chi connectivity index (χ3v) is 4.04. The monoisotopic (exact) mass is 367 g/mol. The van der Waals surface area contributed by atoms with Gasteiger partial charge in [-0.15, -0.1) is 0 Å². The van der Waals surface area contributed by atoms with Crippen molar-refractivity contribution in [3.63, 3.8) is 0 Å². The number of hydrogen-bond donors (Lipinski definition) is 1. The van der Waals surface area contributed by atoms with Gasteiger partial charge >= 0.3 is 0 Å². The lowest BCUT2D eigenvalue weighted by Gasteiger charge is -2.13. The van der Waals surface area contributed by atoms with E-state index in [0.717, 1.165) is 45.1 Å². The Hall–Kier alpha value is -1.19. The van der Waals surface area contributed by atoms with E-state index in [9.17, 15) is 0 Å². The van der Waals surface area contributed by atoms with Gasteiger partial charge in [0.1, 0.15) is 5.75 Å². The van der Waals surface area contributed by atoms with E-state index in [1.165, 1.54) is 0 Å². The van der Waals surface area contributed by atoms with Gasteiger partial charge in [0.15, 0.2) is 0 Å². The molecule has 0 saturated heterocycles. The molecule has 2 nitrogen and oxygen atoms in total. The molecule has 1 N–H and O–H groups in total. The topological polar surface area (TPSA) is 21.3 Å². The minimum Gasteiger partial charge on any atom is -0.493 e. The second-order valence-corrected chi connectivity index (χ2v) is 6.24. The molecule has 112 valence electrons. The maximum absolute atomic E-state index is 6.15. The summed E-state index contributed by atoms with van der Waals surface area (Å²) in [7, 11) is 0. The van der Waals surface area contributed by atoms with Gasteiger partial charge in [-0.1, -0.05) is 40.5 Å². The van der Waals surface area contributed by atoms with E-state index in [-0.39, 0.29) is 0 Å². The first-order valence-electron chi connectivity index (χ1n) is 7.01. The van der Waals surface area contributed by atoms with Crippen LogP contribution in [0.2, 0.25) is 5.02 Å². The smallest absolute Gasteiger partial charge is 0.124 e. The van der Waals surface area contributed by atoms with Crippen LogP contribution in [0.15, 0.2) is 40.9 Å². The molecule has 0 fully saturated rings. The first-order valence-corrected chi connectivity index (χ1v) is 8.18. The minimum absolute atomic E-state index is 0.692. The SMILES string of the molecule is CCCOc1ccc(Br)cc1CNc1ccc(C)c(Cl)c1. The molecule has 0 heterocycles. The van der Waals surface area contributed by atoms with Crippen molar-refractivity contribution in [3.8, 4) is 5.75 Å². The minimum atomic E-state index is 0.692. The average Bonchev–Trinajstić information content (AvgIpc) is 2.47. The van der Waals surface area contributed by atoms with E-state index in [2.05, 4.69) is 34.2 Å². The van der Waals surface area contributed by atoms with Crippen molar-refractivity contribution in [2.24, 2.45) is 0 Å². The molecule has 2 aromatic carbocycles. The zero-order chi connectivity index (χ0) is 15.2. The molecular formula is C17H19BrClNO. The number of rotatable bonds is 6. The fourth-order valence-corrected chi connectivity index (χ4v) is 2.53. The van der Waals surface area contributed by atoms with Crippen LogP contribution in [-0.4, -0.2) is 6.61 Å². The normalized spacial score (nSPS) is 10.5. The Morgan fingerprint density at radius 1 is 1.19 bits per heavy atom. The molecule has 0 bridgehead atoms. The molecule has 21 heavy (non-hydrogen) atoms. The molecule has 2 aromatic rings. The van der Waals surface area contributed by atoms with Gasteiger partial charge < -0.3 is 10.1 Å². The lowest BCUT2D eigenvalue weighted by Crippen LogP contribution is -2.04. The second kappa shape index (κ2) is 7.71. The average molecular weight is 369 g/mol. The lowest BCUT2D eigenvalue weighted by molar-refractivity contribution is 0.314. The Morgan fingerprint density at radius 2 is 2.00 bits per heavy atom. The van der Waals surface area contributed by atoms with Crippen LogP contribution >= 0.6 is 27.5 Å². The number of ether oxygens (including phenoxy) is 1. The Balaban J connectivity index is 2.10. The summed E-state index contributed by atoms with van der Waals surface area (Å²) in [5.41, 5.74) is 3.21. The van der Waals surface area contributed by atoms with Gasteiger partial charge in [0.05, 0.1) is 6.61 Å². The molecular weight excluding hydrogens is 350 g/mol. The van der Waals surface area contributed by atoms with Crippen molar-refractivity contribution in [1.82, 2.24) is 0 Å². The molecule has 0 amide bonds. The molecule has 0 aliphatic rings. The van der Waals surface area contributed by atoms with Crippen molar-refractivity contribution in [1.29, 1.82) is 0 Å². The Labute approximate surface area is 139 Å². The van der Waals surface area contributed by atoms with Crippen LogP contribution in [0.4, 0.5) is 5.69 Å². The van der Waals surface area contributed by atoms with Crippen molar-refractivity contribution in [2.45, 2.75) is 26.8 Å². The zero-order valence-corrected chi connectivity index (χ0v) is 14.6. The summed E-state index contributed by atoms with van der Waals surface area (Å²) in [5.74, 6) is 0.922. The quantitative estimate of drug-likeness (QED) is 0.694. The van der Waals surface area contributed by atoms with E-state index in [0.29, 0.717) is 6.54 Å². The van der Waals surface area contributed by atoms with E-state index in [4.69, 9.17) is 16.3 Å². The molecule has 0 radical (unpaired) electrons. The standard InChI is InChI=1S/C17H19BrClNO/c1-3-8-21-17-7-5-14(18)9-13(17)11-20-15-6-4-12(2)16(19)10-15/h4-7,9-10,20H,3,8,11H2,1-2H3. The van der Waals surface area contributed by atoms with E-state index in [1.807, 2.05) is 37.3 Å². The number of benzene rings is 2. The largest absolute Gasteiger partial charge is 0.493 e. The molecule has 0 aromatic heterocycles. The second-order valence-electron chi connectivity index (χ2n) is 4.92. The molecule has 0 aliphatic carbocycles. The number of hydrogen-bond acceptors (Lipinski definition) is 2. The summed E-state index contributed by atoms with van der Waals surface area (Å²) in [6.45, 7) is 5.52. The molecule has 0 atom stereocenters. The fraction of sp³-hybridized carbons (Fsp3) is 0.294. The summed E-state index contributed by atoms with van der Waals surface area (Å²) < 4.78 is 6.83. The van der Waals surface area contributed by atoms with E-state index >= 15 is 0 Å². The van der Waals surface area contributed by atoms with Crippen LogP contribution in [0.3, 0.4) is 0 Å². The molecule has 2 rings (SSSR count). The van der Waals surface area contributed by atoms with Gasteiger partial charge in [-0.3, -0.25) is 0 Å². The van der Waals surface area contributed by atoms with Gasteiger partial charge in [-0.05, 0) is 49.2 Å². The fourth-order valence-electron chi connectivity index (χ4n) is 1.94. The summed E-state index contributed by atoms with van der Waals surface area (Å²) in [6.07, 6.45) is 0.997. The highest BCUT2D eigenvalue weighted by Gasteiger charge is 2.05. The van der Waals surface area contributed by atoms with Gasteiger partial charge in [-0.25, -0.2) is 0 Å². The van der Waals surface area contributed by atoms with Crippen LogP contribution in [-0.2, 0) is 6.54 Å². The first kappa shape index (κ1) is 16.2. The summed E-state index contributed by atoms with van der Waals surface area (Å²) in [4.78, 5) is 0. The van der Waals surface area contributed by atoms with Gasteiger partial charge in [0.25, 0.3) is 0 Å². The van der Waals surface area contributed by atoms with Crippen LogP contribution in [0.1, 0.15) is 24.5 Å². The molecule has 0 unspecified atom stereocenters. The van der Waals surface area contributed by atoms with Crippen LogP contribution < -0.4 is 10.1 Å². The molecule has 0 spiro atoms. The Morgan fingerprint density at radius 3 is 2.71 bits per heavy atom. The summed E-state index contributed by atoms with van der Waals surface area (Å²) in [5, 5.41) is 4.16. The molecule has 0 aliphatic heterocycles. The van der Waals surface area contributed by atoms with E-state index in [1.54, 1.807) is 0 Å². The van der Waals surface area contributed by atoms with Crippen LogP contribution in [0.25, 0.3) is 0 Å². The highest BCUT2D eigenvalue weighted by Crippen LogP contribution is 2.25. The highest BCUT2D eigenvalue weighted by molar-refractivity contribution is 9.10. The maximum atomic E-state index is 6.15. The number of nitrogens with one attached hydrogen (secondary N) is 1. The first-order chi connectivity index (χ1) is 10.1. The zero-order valence-electron chi connectivity index (χ0n) is 12.2. The van der Waals surface area contributed by atoms with Crippen LogP contribution in [0.5, 0.6) is 5.75 Å². The third kappa shape index (κ3) is 4.65. The summed E-state index contributed by atoms with van der Waals surface area (Å²) in [6, 6.07) is 12.1. The number of anilines is 1. The predicted molar refractivity (Wildman–Crippen MR) is 93.4 cm³/mol. The van der Waals surface area contributed by atoms with Crippen LogP contribution in [0, 0.1) is 6.92 Å². The van der Waals surface area contributed by atoms with Gasteiger partial charge in [0.2, 0.25) is 0 Å². The Bertz CT molecular complexity index is 616. The molecule has 4 heteroatoms. The van der Waals surface area contributed by atoms with Gasteiger partial charge in [-0.2, -0.15) is 0 Å². The van der Waals surface area contributed by atoms with E-state index < -0.39 is 0 Å². The maximum Gasteiger partial charge on any atom is 0.124 e. The predicted octanol–water partition coefficient (Wildman–Crippen LogP) is 5.81. The highest BCUT2D eigenvalue weighted by atomic mass is 79.9. The van der Waals surface area contributed by atoms with Crippen molar-refractivity contribution in [2.75, 3.05) is 11.9 Å². The summed E-state index contributed by atoms with van der Waals surface area (Å²) >= 11 is 9.66. The molecule has 0 saturated carbocycles. The third-order valence-electron chi connectivity index (χ3n) is 3.14. The van der Waals surface area contributed by atoms with Crippen molar-refractivity contribution in [3.05, 3.63) is 57.0 Å². The number of aryl methyl sites for hydroxylation is 1. The number of halogens is 2. The Kier molecular flexibility index (Phi) is 5.95.